The van der Waals surface area contributed by atoms with Gasteiger partial charge in [0.25, 0.3) is 5.91 Å². The minimum absolute atomic E-state index is 0.0752. The smallest absolute Gasteiger partial charge is 0.410 e. The van der Waals surface area contributed by atoms with Crippen LogP contribution in [-0.2, 0) is 14.3 Å². The number of likely N-dealkylation sites (N-methyl/N-ethyl adjacent to an activating group) is 1. The van der Waals surface area contributed by atoms with Gasteiger partial charge in [0, 0.05) is 44.9 Å². The number of hydrogen-bond donors (Lipinski definition) is 2. The fourth-order valence-electron chi connectivity index (χ4n) is 6.99. The Hall–Kier alpha value is -4.13. The molecule has 3 amide bonds. The van der Waals surface area contributed by atoms with E-state index in [4.69, 9.17) is 19.2 Å². The third-order valence-electron chi connectivity index (χ3n) is 9.68. The van der Waals surface area contributed by atoms with Crippen LogP contribution in [0.5, 0.6) is 5.75 Å². The molecule has 2 N–H and O–H groups in total. The largest absolute Gasteiger partial charge is 0.495 e. The van der Waals surface area contributed by atoms with Gasteiger partial charge in [-0.15, -0.1) is 0 Å². The molecular formula is C37H55N7O6. The van der Waals surface area contributed by atoms with Crippen LogP contribution in [0.1, 0.15) is 102 Å². The van der Waals surface area contributed by atoms with Crippen molar-refractivity contribution in [1.82, 2.24) is 20.2 Å². The van der Waals surface area contributed by atoms with Crippen molar-refractivity contribution in [3.8, 4) is 5.75 Å². The van der Waals surface area contributed by atoms with E-state index < -0.39 is 5.60 Å². The first-order chi connectivity index (χ1) is 24.0. The topological polar surface area (TPSA) is 138 Å². The van der Waals surface area contributed by atoms with Crippen LogP contribution in [0, 0.1) is 0 Å². The number of benzene rings is 1. The number of piperidine rings is 1. The SMILES string of the molecule is CC[C@@H]1C(=O)N(C)c2cnc(Nc3ccc(C(=O)NCCCCCOC4CCN(C(=O)OC(C)(C)C)CC4)cc3OC)nc2N1C1CCCC1. The lowest BCUT2D eigenvalue weighted by atomic mass is 10.0. The first-order valence-electron chi connectivity index (χ1n) is 18.2. The lowest BCUT2D eigenvalue weighted by molar-refractivity contribution is -0.120. The zero-order valence-corrected chi connectivity index (χ0v) is 30.6. The average Bonchev–Trinajstić information content (AvgIpc) is 3.63. The number of nitrogens with one attached hydrogen (secondary N) is 2. The number of nitrogens with zero attached hydrogens (tertiary/aromatic N) is 5. The van der Waals surface area contributed by atoms with Crippen LogP contribution < -0.4 is 25.2 Å². The summed E-state index contributed by atoms with van der Waals surface area (Å²) in [5, 5.41) is 6.28. The highest BCUT2D eigenvalue weighted by Gasteiger charge is 2.41. The van der Waals surface area contributed by atoms with Crippen LogP contribution in [0.4, 0.5) is 27.9 Å². The van der Waals surface area contributed by atoms with Crippen LogP contribution in [0.25, 0.3) is 0 Å². The third-order valence-corrected chi connectivity index (χ3v) is 9.68. The van der Waals surface area contributed by atoms with Crippen molar-refractivity contribution in [2.75, 3.05) is 55.5 Å². The van der Waals surface area contributed by atoms with E-state index in [1.807, 2.05) is 27.7 Å². The van der Waals surface area contributed by atoms with Gasteiger partial charge >= 0.3 is 6.09 Å². The Balaban J connectivity index is 1.07. The van der Waals surface area contributed by atoms with Gasteiger partial charge in [-0.1, -0.05) is 19.8 Å². The number of carbonyl (C=O) groups excluding carboxylic acids is 3. The van der Waals surface area contributed by atoms with E-state index in [0.717, 1.165) is 63.6 Å². The molecule has 1 saturated carbocycles. The maximum Gasteiger partial charge on any atom is 0.410 e. The van der Waals surface area contributed by atoms with E-state index in [0.29, 0.717) is 61.3 Å². The van der Waals surface area contributed by atoms with Gasteiger partial charge in [-0.2, -0.15) is 4.98 Å². The molecule has 3 aliphatic rings. The number of carbonyl (C=O) groups is 3. The fraction of sp³-hybridized carbons (Fsp3) is 0.649. The summed E-state index contributed by atoms with van der Waals surface area (Å²) in [5.74, 6) is 1.57. The summed E-state index contributed by atoms with van der Waals surface area (Å²) in [6, 6.07) is 5.29. The number of aromatic nitrogens is 2. The van der Waals surface area contributed by atoms with Gasteiger partial charge in [0.05, 0.1) is 25.1 Å². The Morgan fingerprint density at radius 1 is 1.04 bits per heavy atom. The van der Waals surface area contributed by atoms with Gasteiger partial charge in [0.15, 0.2) is 5.82 Å². The van der Waals surface area contributed by atoms with Gasteiger partial charge < -0.3 is 39.5 Å². The molecule has 2 aliphatic heterocycles. The summed E-state index contributed by atoms with van der Waals surface area (Å²) in [5.41, 5.74) is 1.36. The molecule has 0 spiro atoms. The molecule has 1 atom stereocenters. The van der Waals surface area contributed by atoms with E-state index in [-0.39, 0.29) is 36.1 Å². The highest BCUT2D eigenvalue weighted by molar-refractivity contribution is 6.04. The standard InChI is InChI=1S/C37H55N7O6/c1-7-29-34(46)42(5)30-24-39-35(41-32(30)44(29)26-13-9-10-14-26)40-28-16-15-25(23-31(28)48-6)33(45)38-19-11-8-12-22-49-27-17-20-43(21-18-27)36(47)50-37(2,3)4/h15-16,23-24,26-27,29H,7-14,17-22H2,1-6H3,(H,38,45)(H,39,40,41)/t29-/m1/s1. The molecule has 0 radical (unpaired) electrons. The molecule has 2 fully saturated rings. The monoisotopic (exact) mass is 693 g/mol. The number of unbranched alkanes of at least 4 members (excludes halogenated alkanes) is 2. The minimum atomic E-state index is -0.489. The summed E-state index contributed by atoms with van der Waals surface area (Å²) in [6.07, 6.45) is 11.0. The molecule has 274 valence electrons. The van der Waals surface area contributed by atoms with Crippen molar-refractivity contribution < 1.29 is 28.6 Å². The molecule has 0 unspecified atom stereocenters. The van der Waals surface area contributed by atoms with Crippen LogP contribution >= 0.6 is 0 Å². The molecule has 50 heavy (non-hydrogen) atoms. The summed E-state index contributed by atoms with van der Waals surface area (Å²) < 4.78 is 17.2. The summed E-state index contributed by atoms with van der Waals surface area (Å²) in [6.45, 7) is 10.2. The molecule has 1 saturated heterocycles. The number of methoxy groups -OCH3 is 1. The lowest BCUT2D eigenvalue weighted by Crippen LogP contribution is -2.55. The first-order valence-corrected chi connectivity index (χ1v) is 18.2. The van der Waals surface area contributed by atoms with Gasteiger partial charge in [0.1, 0.15) is 23.1 Å². The predicted octanol–water partition coefficient (Wildman–Crippen LogP) is 6.05. The molecule has 3 heterocycles. The molecule has 13 nitrogen and oxygen atoms in total. The molecule has 0 bridgehead atoms. The summed E-state index contributed by atoms with van der Waals surface area (Å²) in [7, 11) is 3.35. The fourth-order valence-corrected chi connectivity index (χ4v) is 6.99. The number of likely N-dealkylation sites (tertiary alicyclic amines) is 1. The number of ether oxygens (including phenoxy) is 3. The number of fused-ring (bicyclic) bond motifs is 1. The van der Waals surface area contributed by atoms with E-state index in [2.05, 4.69) is 20.5 Å². The lowest BCUT2D eigenvalue weighted by Gasteiger charge is -2.43. The molecule has 1 aromatic heterocycles. The van der Waals surface area contributed by atoms with Crippen molar-refractivity contribution >= 4 is 41.0 Å². The highest BCUT2D eigenvalue weighted by Crippen LogP contribution is 2.40. The van der Waals surface area contributed by atoms with Crippen LogP contribution in [-0.4, -0.2) is 97.0 Å². The second-order valence-corrected chi connectivity index (χ2v) is 14.5. The second kappa shape index (κ2) is 16.7. The van der Waals surface area contributed by atoms with Gasteiger partial charge in [-0.3, -0.25) is 9.59 Å². The van der Waals surface area contributed by atoms with Gasteiger partial charge in [-0.25, -0.2) is 9.78 Å². The third kappa shape index (κ3) is 9.15. The van der Waals surface area contributed by atoms with E-state index in [9.17, 15) is 14.4 Å². The first kappa shape index (κ1) is 37.1. The summed E-state index contributed by atoms with van der Waals surface area (Å²) in [4.78, 5) is 53.5. The number of rotatable bonds is 13. The van der Waals surface area contributed by atoms with Crippen molar-refractivity contribution in [2.45, 2.75) is 116 Å². The maximum atomic E-state index is 13.2. The minimum Gasteiger partial charge on any atom is -0.495 e. The van der Waals surface area contributed by atoms with E-state index in [1.165, 1.54) is 0 Å². The van der Waals surface area contributed by atoms with Crippen molar-refractivity contribution in [1.29, 1.82) is 0 Å². The Bertz CT molecular complexity index is 1480. The van der Waals surface area contributed by atoms with Crippen LogP contribution in [0.15, 0.2) is 24.4 Å². The average molecular weight is 694 g/mol. The highest BCUT2D eigenvalue weighted by atomic mass is 16.6. The van der Waals surface area contributed by atoms with Crippen molar-refractivity contribution in [3.05, 3.63) is 30.0 Å². The molecule has 1 aliphatic carbocycles. The second-order valence-electron chi connectivity index (χ2n) is 14.5. The van der Waals surface area contributed by atoms with Gasteiger partial charge in [0.2, 0.25) is 11.9 Å². The number of anilines is 4. The van der Waals surface area contributed by atoms with Crippen molar-refractivity contribution in [3.63, 3.8) is 0 Å². The molecular weight excluding hydrogens is 638 g/mol. The zero-order valence-electron chi connectivity index (χ0n) is 30.6. The Morgan fingerprint density at radius 3 is 2.46 bits per heavy atom. The number of amides is 3. The van der Waals surface area contributed by atoms with Crippen molar-refractivity contribution in [2.24, 2.45) is 0 Å². The zero-order chi connectivity index (χ0) is 35.8. The summed E-state index contributed by atoms with van der Waals surface area (Å²) >= 11 is 0. The van der Waals surface area contributed by atoms with E-state index >= 15 is 0 Å². The number of hydrogen-bond acceptors (Lipinski definition) is 10. The Morgan fingerprint density at radius 2 is 1.78 bits per heavy atom. The van der Waals surface area contributed by atoms with E-state index in [1.54, 1.807) is 48.4 Å². The molecule has 1 aromatic carbocycles. The predicted molar refractivity (Wildman–Crippen MR) is 193 cm³/mol. The molecule has 13 heteroatoms. The molecule has 2 aromatic rings. The Kier molecular flexibility index (Phi) is 12.4. The van der Waals surface area contributed by atoms with Gasteiger partial charge in [-0.05, 0) is 90.3 Å². The normalized spacial score (nSPS) is 18.6. The molecule has 5 rings (SSSR count). The van der Waals surface area contributed by atoms with Crippen LogP contribution in [0.2, 0.25) is 0 Å². The quantitative estimate of drug-likeness (QED) is 0.239. The maximum absolute atomic E-state index is 13.2. The Labute approximate surface area is 296 Å². The van der Waals surface area contributed by atoms with Crippen LogP contribution in [0.3, 0.4) is 0 Å².